The zero-order valence-corrected chi connectivity index (χ0v) is 14.7. The van der Waals surface area contributed by atoms with Crippen molar-refractivity contribution in [3.05, 3.63) is 55.5 Å². The molecule has 1 heterocycles. The van der Waals surface area contributed by atoms with E-state index in [4.69, 9.17) is 12.2 Å². The Kier molecular flexibility index (Phi) is 4.76. The first-order valence-electron chi connectivity index (χ1n) is 6.73. The first kappa shape index (κ1) is 15.4. The smallest absolute Gasteiger partial charge is 0.144 e. The fourth-order valence-electron chi connectivity index (χ4n) is 2.11. The number of H-pyrrole nitrogens is 1. The van der Waals surface area contributed by atoms with Crippen LogP contribution in [0, 0.1) is 18.5 Å². The number of aromatic amines is 1. The second kappa shape index (κ2) is 6.19. The van der Waals surface area contributed by atoms with Crippen molar-refractivity contribution >= 4 is 28.1 Å². The van der Waals surface area contributed by atoms with Crippen LogP contribution < -0.4 is 0 Å². The molecule has 0 aliphatic rings. The van der Waals surface area contributed by atoms with Gasteiger partial charge >= 0.3 is 0 Å². The van der Waals surface area contributed by atoms with Crippen LogP contribution in [-0.4, -0.2) is 9.97 Å². The van der Waals surface area contributed by atoms with Crippen molar-refractivity contribution in [1.29, 1.82) is 0 Å². The molecule has 2 rings (SSSR count). The molecule has 0 fully saturated rings. The number of hydrogen-bond donors (Lipinski definition) is 1. The Bertz CT molecular complexity index is 689. The summed E-state index contributed by atoms with van der Waals surface area (Å²) in [7, 11) is 0. The van der Waals surface area contributed by atoms with Gasteiger partial charge in [-0.15, -0.1) is 0 Å². The molecule has 1 N–H and O–H groups in total. The van der Waals surface area contributed by atoms with Crippen LogP contribution in [0.3, 0.4) is 0 Å². The Labute approximate surface area is 133 Å². The molecule has 1 aromatic heterocycles. The highest BCUT2D eigenvalue weighted by Crippen LogP contribution is 2.24. The van der Waals surface area contributed by atoms with Crippen molar-refractivity contribution in [1.82, 2.24) is 9.97 Å². The molecule has 106 valence electrons. The Balaban J connectivity index is 2.38. The van der Waals surface area contributed by atoms with E-state index in [0.29, 0.717) is 10.6 Å². The Morgan fingerprint density at radius 3 is 2.55 bits per heavy atom. The van der Waals surface area contributed by atoms with Crippen molar-refractivity contribution in [2.45, 2.75) is 40.0 Å². The molecule has 0 amide bonds. The summed E-state index contributed by atoms with van der Waals surface area (Å²) < 4.78 is 1.54. The summed E-state index contributed by atoms with van der Waals surface area (Å²) in [5.74, 6) is 1.30. The zero-order valence-electron chi connectivity index (χ0n) is 12.2. The summed E-state index contributed by atoms with van der Waals surface area (Å²) in [6.07, 6.45) is 0.776. The summed E-state index contributed by atoms with van der Waals surface area (Å²) in [5, 5.41) is 0. The van der Waals surface area contributed by atoms with Crippen LogP contribution in [0.5, 0.6) is 0 Å². The average Bonchev–Trinajstić information content (AvgIpc) is 2.37. The van der Waals surface area contributed by atoms with Crippen molar-refractivity contribution < 1.29 is 0 Å². The SMILES string of the molecule is Cc1ccc(Cc2nc(=S)c(Br)c(C(C)C)[nH]2)cc1C. The van der Waals surface area contributed by atoms with Crippen molar-refractivity contribution in [2.24, 2.45) is 0 Å². The van der Waals surface area contributed by atoms with Crippen LogP contribution >= 0.6 is 28.1 Å². The van der Waals surface area contributed by atoms with E-state index < -0.39 is 0 Å². The maximum atomic E-state index is 5.33. The number of rotatable bonds is 3. The highest BCUT2D eigenvalue weighted by Gasteiger charge is 2.10. The van der Waals surface area contributed by atoms with E-state index in [9.17, 15) is 0 Å². The molecule has 1 aromatic carbocycles. The van der Waals surface area contributed by atoms with Crippen LogP contribution in [0.1, 0.15) is 48.0 Å². The van der Waals surface area contributed by atoms with Gasteiger partial charge in [0, 0.05) is 12.1 Å². The molecular weight excluding hydrogens is 332 g/mol. The van der Waals surface area contributed by atoms with Crippen molar-refractivity contribution in [3.63, 3.8) is 0 Å². The maximum absolute atomic E-state index is 5.33. The van der Waals surface area contributed by atoms with Gasteiger partial charge in [0.1, 0.15) is 10.5 Å². The number of nitrogens with one attached hydrogen (secondary N) is 1. The standard InChI is InChI=1S/C16H19BrN2S/c1-9(2)15-14(17)16(20)19-13(18-15)8-12-6-5-10(3)11(4)7-12/h5-7,9H,8H2,1-4H3,(H,18,19,20). The second-order valence-electron chi connectivity index (χ2n) is 5.47. The minimum absolute atomic E-state index is 0.382. The van der Waals surface area contributed by atoms with Gasteiger partial charge in [0.15, 0.2) is 0 Å². The van der Waals surface area contributed by atoms with E-state index >= 15 is 0 Å². The fourth-order valence-corrected chi connectivity index (χ4v) is 2.98. The Morgan fingerprint density at radius 1 is 1.25 bits per heavy atom. The normalized spacial score (nSPS) is 11.1. The number of nitrogens with zero attached hydrogens (tertiary/aromatic N) is 1. The lowest BCUT2D eigenvalue weighted by Gasteiger charge is -2.12. The van der Waals surface area contributed by atoms with Gasteiger partial charge in [0.25, 0.3) is 0 Å². The lowest BCUT2D eigenvalue weighted by Crippen LogP contribution is -2.04. The molecule has 0 radical (unpaired) electrons. The summed E-state index contributed by atoms with van der Waals surface area (Å²) in [5.41, 5.74) is 4.99. The van der Waals surface area contributed by atoms with E-state index in [1.807, 2.05) is 0 Å². The Hall–Kier alpha value is -1.00. The highest BCUT2D eigenvalue weighted by atomic mass is 79.9. The minimum atomic E-state index is 0.382. The van der Waals surface area contributed by atoms with Crippen LogP contribution in [0.4, 0.5) is 0 Å². The van der Waals surface area contributed by atoms with Crippen molar-refractivity contribution in [3.8, 4) is 0 Å². The summed E-state index contributed by atoms with van der Waals surface area (Å²) >= 11 is 8.86. The third kappa shape index (κ3) is 3.36. The first-order chi connectivity index (χ1) is 9.38. The third-order valence-corrected chi connectivity index (χ3v) is 4.82. The fraction of sp³-hybridized carbons (Fsp3) is 0.375. The zero-order chi connectivity index (χ0) is 14.9. The molecule has 0 atom stereocenters. The van der Waals surface area contributed by atoms with Crippen molar-refractivity contribution in [2.75, 3.05) is 0 Å². The van der Waals surface area contributed by atoms with Gasteiger partial charge < -0.3 is 4.98 Å². The molecule has 0 aliphatic heterocycles. The third-order valence-electron chi connectivity index (χ3n) is 3.46. The molecule has 0 aliphatic carbocycles. The molecule has 20 heavy (non-hydrogen) atoms. The molecule has 0 bridgehead atoms. The minimum Gasteiger partial charge on any atom is -0.346 e. The molecular formula is C16H19BrN2S. The molecule has 2 nitrogen and oxygen atoms in total. The second-order valence-corrected chi connectivity index (χ2v) is 6.65. The molecule has 0 spiro atoms. The van der Waals surface area contributed by atoms with Gasteiger partial charge in [-0.2, -0.15) is 0 Å². The molecule has 4 heteroatoms. The van der Waals surface area contributed by atoms with E-state index in [2.05, 4.69) is 71.8 Å². The number of hydrogen-bond acceptors (Lipinski definition) is 2. The quantitative estimate of drug-likeness (QED) is 0.767. The lowest BCUT2D eigenvalue weighted by atomic mass is 10.0. The predicted octanol–water partition coefficient (Wildman–Crippen LogP) is 5.23. The molecule has 0 saturated carbocycles. The van der Waals surface area contributed by atoms with Crippen LogP contribution in [-0.2, 0) is 6.42 Å². The first-order valence-corrected chi connectivity index (χ1v) is 7.93. The van der Waals surface area contributed by atoms with E-state index in [1.54, 1.807) is 0 Å². The number of benzene rings is 1. The monoisotopic (exact) mass is 350 g/mol. The molecule has 2 aromatic rings. The van der Waals surface area contributed by atoms with Gasteiger partial charge in [-0.25, -0.2) is 4.98 Å². The predicted molar refractivity (Wildman–Crippen MR) is 89.9 cm³/mol. The molecule has 0 saturated heterocycles. The van der Waals surface area contributed by atoms with Gasteiger partial charge in [-0.3, -0.25) is 0 Å². The van der Waals surface area contributed by atoms with Crippen LogP contribution in [0.25, 0.3) is 0 Å². The lowest BCUT2D eigenvalue weighted by molar-refractivity contribution is 0.780. The van der Waals surface area contributed by atoms with Gasteiger partial charge in [-0.05, 0) is 52.4 Å². The summed E-state index contributed by atoms with van der Waals surface area (Å²) in [6.45, 7) is 8.55. The topological polar surface area (TPSA) is 28.7 Å². The maximum Gasteiger partial charge on any atom is 0.144 e. The van der Waals surface area contributed by atoms with E-state index in [1.165, 1.54) is 16.7 Å². The average molecular weight is 351 g/mol. The molecule has 0 unspecified atom stereocenters. The summed E-state index contributed by atoms with van der Waals surface area (Å²) in [4.78, 5) is 7.89. The van der Waals surface area contributed by atoms with Crippen LogP contribution in [0.2, 0.25) is 0 Å². The summed E-state index contributed by atoms with van der Waals surface area (Å²) in [6, 6.07) is 6.52. The van der Waals surface area contributed by atoms with E-state index in [0.717, 1.165) is 22.4 Å². The number of halogens is 1. The number of aryl methyl sites for hydroxylation is 2. The van der Waals surface area contributed by atoms with E-state index in [-0.39, 0.29) is 0 Å². The largest absolute Gasteiger partial charge is 0.346 e. The highest BCUT2D eigenvalue weighted by molar-refractivity contribution is 9.10. The van der Waals surface area contributed by atoms with Gasteiger partial charge in [-0.1, -0.05) is 44.3 Å². The number of aromatic nitrogens is 2. The van der Waals surface area contributed by atoms with Gasteiger partial charge in [0.05, 0.1) is 4.47 Å². The van der Waals surface area contributed by atoms with Gasteiger partial charge in [0.2, 0.25) is 0 Å². The van der Waals surface area contributed by atoms with Crippen LogP contribution in [0.15, 0.2) is 22.7 Å². The Morgan fingerprint density at radius 2 is 1.95 bits per heavy atom.